The first-order chi connectivity index (χ1) is 39.6. The number of carbonyl (C=O) groups is 2. The van der Waals surface area contributed by atoms with Crippen molar-refractivity contribution in [1.82, 2.24) is 9.80 Å². The van der Waals surface area contributed by atoms with Gasteiger partial charge in [-0.05, 0) is 137 Å². The van der Waals surface area contributed by atoms with E-state index < -0.39 is 0 Å². The van der Waals surface area contributed by atoms with Crippen molar-refractivity contribution in [3.8, 4) is 31.0 Å². The largest absolute Gasteiger partial charge is 0.454 e. The van der Waals surface area contributed by atoms with E-state index in [-0.39, 0.29) is 11.8 Å². The lowest BCUT2D eigenvalue weighted by atomic mass is 9.93. The molecule has 0 aromatic carbocycles. The van der Waals surface area contributed by atoms with E-state index >= 15 is 9.59 Å². The van der Waals surface area contributed by atoms with Crippen LogP contribution in [0, 0.1) is 25.7 Å². The molecule has 2 atom stereocenters. The van der Waals surface area contributed by atoms with Crippen molar-refractivity contribution in [2.75, 3.05) is 13.1 Å². The SMILES string of the molecule is CCCCCCCCC(CCCCCC)CN1C(=O)C2=C(c3ccc(-c4cc(CCCCCC)c(-c5ccc(C)s5)s4)o3)N(CC(CCCCCC)CCCCCCCC)C(=O)C2=C1c1ccc(-c2cc(CCCCCC)c(C)s2)o1. The van der Waals surface area contributed by atoms with E-state index in [4.69, 9.17) is 8.83 Å². The lowest BCUT2D eigenvalue weighted by Crippen LogP contribution is -2.34. The van der Waals surface area contributed by atoms with Gasteiger partial charge in [0.25, 0.3) is 11.8 Å². The molecule has 81 heavy (non-hydrogen) atoms. The van der Waals surface area contributed by atoms with Gasteiger partial charge in [0.1, 0.15) is 22.9 Å². The second kappa shape index (κ2) is 34.8. The number of unbranched alkanes of at least 4 members (excludes halogenated alkanes) is 22. The molecule has 2 aliphatic heterocycles. The third kappa shape index (κ3) is 18.3. The summed E-state index contributed by atoms with van der Waals surface area (Å²) in [4.78, 5) is 43.7. The molecule has 0 saturated heterocycles. The zero-order chi connectivity index (χ0) is 57.3. The number of hydrogen-bond acceptors (Lipinski definition) is 7. The maximum atomic E-state index is 16.1. The Hall–Kier alpha value is -3.92. The molecular weight excluding hydrogens is 1050 g/mol. The van der Waals surface area contributed by atoms with Gasteiger partial charge >= 0.3 is 0 Å². The monoisotopic (exact) mass is 1160 g/mol. The highest BCUT2D eigenvalue weighted by Gasteiger charge is 2.51. The van der Waals surface area contributed by atoms with E-state index in [1.54, 1.807) is 11.3 Å². The molecule has 6 nitrogen and oxygen atoms in total. The topological polar surface area (TPSA) is 66.9 Å². The molecule has 2 unspecified atom stereocenters. The molecule has 0 aliphatic carbocycles. The lowest BCUT2D eigenvalue weighted by molar-refractivity contribution is -0.124. The van der Waals surface area contributed by atoms with Crippen molar-refractivity contribution >= 4 is 57.2 Å². The first kappa shape index (κ1) is 64.6. The van der Waals surface area contributed by atoms with Gasteiger partial charge in [-0.25, -0.2) is 0 Å². The molecule has 5 aromatic rings. The van der Waals surface area contributed by atoms with E-state index in [0.717, 1.165) is 91.9 Å². The summed E-state index contributed by atoms with van der Waals surface area (Å²) in [5.41, 5.74) is 5.09. The van der Waals surface area contributed by atoms with Crippen LogP contribution in [0.5, 0.6) is 0 Å². The average molecular weight is 1160 g/mol. The Morgan fingerprint density at radius 2 is 0.765 bits per heavy atom. The molecule has 0 radical (unpaired) electrons. The number of amides is 2. The number of rotatable bonds is 43. The summed E-state index contributed by atoms with van der Waals surface area (Å²) in [5.74, 6) is 3.27. The van der Waals surface area contributed by atoms with Crippen LogP contribution in [0.1, 0.15) is 279 Å². The molecule has 2 aliphatic rings. The summed E-state index contributed by atoms with van der Waals surface area (Å²) in [6.07, 6.45) is 40.6. The molecule has 0 N–H and O–H groups in total. The van der Waals surface area contributed by atoms with E-state index in [9.17, 15) is 0 Å². The second-order valence-corrected chi connectivity index (χ2v) is 27.9. The van der Waals surface area contributed by atoms with Gasteiger partial charge in [-0.3, -0.25) is 9.59 Å². The Balaban J connectivity index is 1.34. The summed E-state index contributed by atoms with van der Waals surface area (Å²) < 4.78 is 14.2. The summed E-state index contributed by atoms with van der Waals surface area (Å²) >= 11 is 5.48. The Labute approximate surface area is 504 Å². The zero-order valence-corrected chi connectivity index (χ0v) is 54.4. The van der Waals surface area contributed by atoms with Crippen LogP contribution in [0.4, 0.5) is 0 Å². The summed E-state index contributed by atoms with van der Waals surface area (Å²) in [7, 11) is 0. The van der Waals surface area contributed by atoms with Crippen molar-refractivity contribution in [1.29, 1.82) is 0 Å². The quantitative estimate of drug-likeness (QED) is 0.0365. The van der Waals surface area contributed by atoms with Crippen LogP contribution in [0.3, 0.4) is 0 Å². The van der Waals surface area contributed by atoms with Gasteiger partial charge in [-0.2, -0.15) is 0 Å². The molecule has 5 aromatic heterocycles. The van der Waals surface area contributed by atoms with Gasteiger partial charge in [0.15, 0.2) is 11.5 Å². The minimum absolute atomic E-state index is 0.0825. The predicted molar refractivity (Wildman–Crippen MR) is 350 cm³/mol. The number of fused-ring (bicyclic) bond motifs is 1. The number of nitrogens with zero attached hydrogens (tertiary/aromatic N) is 2. The second-order valence-electron chi connectivity index (χ2n) is 24.3. The maximum absolute atomic E-state index is 16.1. The molecule has 0 fully saturated rings. The highest BCUT2D eigenvalue weighted by atomic mass is 32.1. The van der Waals surface area contributed by atoms with Gasteiger partial charge in [0, 0.05) is 32.6 Å². The molecule has 2 amide bonds. The fraction of sp³-hybridized carbons (Fsp3) is 0.639. The zero-order valence-electron chi connectivity index (χ0n) is 52.0. The highest BCUT2D eigenvalue weighted by molar-refractivity contribution is 7.24. The van der Waals surface area contributed by atoms with Crippen molar-refractivity contribution in [3.05, 3.63) is 92.1 Å². The normalized spacial score (nSPS) is 14.5. The molecule has 0 saturated carbocycles. The van der Waals surface area contributed by atoms with Crippen LogP contribution in [0.25, 0.3) is 42.4 Å². The molecular formula is C72H106N2O4S3. The molecule has 446 valence electrons. The first-order valence-corrected chi connectivity index (χ1v) is 35.7. The van der Waals surface area contributed by atoms with Crippen LogP contribution in [0.2, 0.25) is 0 Å². The average Bonchev–Trinajstić information content (AvgIpc) is 4.21. The third-order valence-electron chi connectivity index (χ3n) is 17.5. The highest BCUT2D eigenvalue weighted by Crippen LogP contribution is 2.50. The van der Waals surface area contributed by atoms with Gasteiger partial charge < -0.3 is 18.6 Å². The van der Waals surface area contributed by atoms with Gasteiger partial charge in [0.05, 0.1) is 20.9 Å². The maximum Gasteiger partial charge on any atom is 0.261 e. The van der Waals surface area contributed by atoms with Gasteiger partial charge in [-0.1, -0.05) is 208 Å². The van der Waals surface area contributed by atoms with Crippen LogP contribution in [-0.4, -0.2) is 34.7 Å². The number of carbonyl (C=O) groups excluding carboxylic acids is 2. The minimum Gasteiger partial charge on any atom is -0.454 e. The van der Waals surface area contributed by atoms with Gasteiger partial charge in [-0.15, -0.1) is 34.0 Å². The minimum atomic E-state index is -0.0825. The third-order valence-corrected chi connectivity index (χ3v) is 21.0. The number of aryl methyl sites for hydroxylation is 4. The van der Waals surface area contributed by atoms with Crippen molar-refractivity contribution in [3.63, 3.8) is 0 Å². The van der Waals surface area contributed by atoms with Crippen LogP contribution in [0.15, 0.2) is 68.5 Å². The van der Waals surface area contributed by atoms with E-state index in [2.05, 4.69) is 104 Å². The number of furan rings is 2. The molecule has 7 rings (SSSR count). The smallest absolute Gasteiger partial charge is 0.261 e. The van der Waals surface area contributed by atoms with Crippen molar-refractivity contribution in [2.45, 2.75) is 274 Å². The van der Waals surface area contributed by atoms with Crippen molar-refractivity contribution in [2.24, 2.45) is 11.8 Å². The Bertz CT molecular complexity index is 2720. The van der Waals surface area contributed by atoms with Crippen LogP contribution < -0.4 is 0 Å². The van der Waals surface area contributed by atoms with Crippen LogP contribution in [-0.2, 0) is 22.4 Å². The Kier molecular flexibility index (Phi) is 27.7. The number of hydrogen-bond donors (Lipinski definition) is 0. The standard InChI is InChI=1S/C72H106N2O4S3/c1-9-15-21-27-29-33-39-55(37-31-23-17-11-3)51-73-68(61-46-44-59(77-61)64-49-57(54(8)80-64)41-35-25-19-13-5)66-67(72(73)76)69(74(71(66)75)52-56(38-32-24-18-12-4)40-34-30-28-22-16-10-2)62-47-45-60(78-62)65-50-58(42-36-26-20-14-6)70(81-65)63-48-43-53(7)79-63/h43-50,55-56H,9-42,51-52H2,1-8H3. The summed E-state index contributed by atoms with van der Waals surface area (Å²) in [5, 5.41) is 0. The van der Waals surface area contributed by atoms with E-state index in [0.29, 0.717) is 59.0 Å². The molecule has 0 spiro atoms. The first-order valence-electron chi connectivity index (χ1n) is 33.3. The Morgan fingerprint density at radius 3 is 1.20 bits per heavy atom. The molecule has 0 bridgehead atoms. The number of thiophene rings is 3. The molecule has 9 heteroatoms. The van der Waals surface area contributed by atoms with E-state index in [1.165, 1.54) is 178 Å². The predicted octanol–water partition coefficient (Wildman–Crippen LogP) is 23.4. The van der Waals surface area contributed by atoms with Gasteiger partial charge in [0.2, 0.25) is 0 Å². The fourth-order valence-electron chi connectivity index (χ4n) is 12.6. The van der Waals surface area contributed by atoms with Crippen molar-refractivity contribution < 1.29 is 18.4 Å². The van der Waals surface area contributed by atoms with Crippen LogP contribution >= 0.6 is 34.0 Å². The lowest BCUT2D eigenvalue weighted by Gasteiger charge is -2.29. The molecule has 7 heterocycles. The van der Waals surface area contributed by atoms with E-state index in [1.807, 2.05) is 32.5 Å². The summed E-state index contributed by atoms with van der Waals surface area (Å²) in [6, 6.07) is 17.5. The Morgan fingerprint density at radius 1 is 0.395 bits per heavy atom. The fourth-order valence-corrected chi connectivity index (χ4v) is 15.9. The summed E-state index contributed by atoms with van der Waals surface area (Å²) in [6.45, 7) is 19.3.